The molecule has 0 aliphatic rings. The Balaban J connectivity index is 2.17. The third-order valence-electron chi connectivity index (χ3n) is 2.37. The van der Waals surface area contributed by atoms with Gasteiger partial charge in [0.2, 0.25) is 0 Å². The number of benzene rings is 1. The van der Waals surface area contributed by atoms with Gasteiger partial charge < -0.3 is 10.3 Å². The van der Waals surface area contributed by atoms with Crippen LogP contribution in [-0.4, -0.2) is 20.2 Å². The largest absolute Gasteiger partial charge is 0.381 e. The highest BCUT2D eigenvalue weighted by atomic mass is 16.5. The second kappa shape index (κ2) is 3.75. The molecule has 0 radical (unpaired) electrons. The van der Waals surface area contributed by atoms with E-state index in [4.69, 9.17) is 10.3 Å². The molecule has 0 saturated heterocycles. The van der Waals surface area contributed by atoms with Crippen molar-refractivity contribution in [2.45, 2.75) is 0 Å². The van der Waals surface area contributed by atoms with Crippen molar-refractivity contribution in [3.05, 3.63) is 42.7 Å². The van der Waals surface area contributed by atoms with E-state index < -0.39 is 0 Å². The summed E-state index contributed by atoms with van der Waals surface area (Å²) in [4.78, 5) is 0. The molecule has 0 bridgehead atoms. The van der Waals surface area contributed by atoms with Gasteiger partial charge >= 0.3 is 0 Å². The second-order valence-electron chi connectivity index (χ2n) is 3.48. The van der Waals surface area contributed by atoms with Crippen molar-refractivity contribution in [1.82, 2.24) is 20.2 Å². The Bertz CT molecular complexity index is 629. The Kier molecular flexibility index (Phi) is 2.11. The summed E-state index contributed by atoms with van der Waals surface area (Å²) in [6.07, 6.45) is 3.38. The lowest BCUT2D eigenvalue weighted by Gasteiger charge is -2.04. The SMILES string of the molecule is Nc1cc(-c2ccccc2-n2ccnn2)on1. The standard InChI is InChI=1S/C11H9N5O/c12-11-7-10(17-14-11)8-3-1-2-4-9(8)16-6-5-13-15-16/h1-7H,(H2,12,14). The molecule has 0 spiro atoms. The molecular formula is C11H9N5O. The van der Waals surface area contributed by atoms with Gasteiger partial charge in [-0.2, -0.15) is 0 Å². The lowest BCUT2D eigenvalue weighted by atomic mass is 10.1. The maximum absolute atomic E-state index is 5.55. The van der Waals surface area contributed by atoms with Gasteiger partial charge in [0.25, 0.3) is 0 Å². The third kappa shape index (κ3) is 1.65. The average molecular weight is 227 g/mol. The Morgan fingerprint density at radius 2 is 2.12 bits per heavy atom. The highest BCUT2D eigenvalue weighted by molar-refractivity contribution is 5.69. The Labute approximate surface area is 96.6 Å². The van der Waals surface area contributed by atoms with E-state index in [1.165, 1.54) is 0 Å². The Hall–Kier alpha value is -2.63. The maximum Gasteiger partial charge on any atom is 0.171 e. The predicted octanol–water partition coefficient (Wildman–Crippen LogP) is 1.50. The van der Waals surface area contributed by atoms with Gasteiger partial charge in [0, 0.05) is 11.6 Å². The summed E-state index contributed by atoms with van der Waals surface area (Å²) in [6, 6.07) is 9.34. The van der Waals surface area contributed by atoms with Crippen molar-refractivity contribution in [3.8, 4) is 17.0 Å². The van der Waals surface area contributed by atoms with Crippen LogP contribution in [0.15, 0.2) is 47.2 Å². The van der Waals surface area contributed by atoms with Gasteiger partial charge in [0.1, 0.15) is 0 Å². The molecule has 0 saturated carbocycles. The van der Waals surface area contributed by atoms with Crippen molar-refractivity contribution < 1.29 is 4.52 Å². The van der Waals surface area contributed by atoms with E-state index in [1.807, 2.05) is 24.3 Å². The summed E-state index contributed by atoms with van der Waals surface area (Å²) in [5.41, 5.74) is 7.27. The van der Waals surface area contributed by atoms with Crippen LogP contribution in [0.3, 0.4) is 0 Å². The number of nitrogens with zero attached hydrogens (tertiary/aromatic N) is 4. The van der Waals surface area contributed by atoms with Crippen LogP contribution in [0.4, 0.5) is 5.82 Å². The van der Waals surface area contributed by atoms with Crippen LogP contribution in [-0.2, 0) is 0 Å². The topological polar surface area (TPSA) is 82.8 Å². The average Bonchev–Trinajstić information content (AvgIpc) is 3.00. The van der Waals surface area contributed by atoms with Crippen LogP contribution in [0.25, 0.3) is 17.0 Å². The summed E-state index contributed by atoms with van der Waals surface area (Å²) in [5, 5.41) is 11.4. The first-order valence-corrected chi connectivity index (χ1v) is 5.03. The molecule has 6 heteroatoms. The zero-order valence-electron chi connectivity index (χ0n) is 8.82. The molecule has 0 fully saturated rings. The maximum atomic E-state index is 5.55. The smallest absolute Gasteiger partial charge is 0.171 e. The molecular weight excluding hydrogens is 218 g/mol. The first-order chi connectivity index (χ1) is 8.34. The van der Waals surface area contributed by atoms with Gasteiger partial charge in [0.05, 0.1) is 18.1 Å². The van der Waals surface area contributed by atoms with Crippen molar-refractivity contribution >= 4 is 5.82 Å². The molecule has 0 amide bonds. The fourth-order valence-corrected chi connectivity index (χ4v) is 1.63. The lowest BCUT2D eigenvalue weighted by Crippen LogP contribution is -1.97. The van der Waals surface area contributed by atoms with Crippen LogP contribution in [0, 0.1) is 0 Å². The minimum atomic E-state index is 0.355. The second-order valence-corrected chi connectivity index (χ2v) is 3.48. The number of rotatable bonds is 2. The fourth-order valence-electron chi connectivity index (χ4n) is 1.63. The van der Waals surface area contributed by atoms with E-state index in [0.29, 0.717) is 11.6 Å². The predicted molar refractivity (Wildman–Crippen MR) is 61.3 cm³/mol. The molecule has 0 aliphatic heterocycles. The van der Waals surface area contributed by atoms with Crippen LogP contribution < -0.4 is 5.73 Å². The summed E-state index contributed by atoms with van der Waals surface area (Å²) >= 11 is 0. The molecule has 3 rings (SSSR count). The van der Waals surface area contributed by atoms with Crippen LogP contribution in [0.2, 0.25) is 0 Å². The van der Waals surface area contributed by atoms with E-state index in [-0.39, 0.29) is 0 Å². The van der Waals surface area contributed by atoms with Crippen molar-refractivity contribution in [2.24, 2.45) is 0 Å². The number of nitrogens with two attached hydrogens (primary N) is 1. The van der Waals surface area contributed by atoms with E-state index in [1.54, 1.807) is 23.1 Å². The van der Waals surface area contributed by atoms with Crippen molar-refractivity contribution in [3.63, 3.8) is 0 Å². The number of hydrogen-bond donors (Lipinski definition) is 1. The van der Waals surface area contributed by atoms with Gasteiger partial charge in [0.15, 0.2) is 11.6 Å². The van der Waals surface area contributed by atoms with Crippen LogP contribution in [0.5, 0.6) is 0 Å². The lowest BCUT2D eigenvalue weighted by molar-refractivity contribution is 0.435. The third-order valence-corrected chi connectivity index (χ3v) is 2.37. The highest BCUT2D eigenvalue weighted by Gasteiger charge is 2.11. The first-order valence-electron chi connectivity index (χ1n) is 5.03. The van der Waals surface area contributed by atoms with Gasteiger partial charge in [-0.3, -0.25) is 0 Å². The van der Waals surface area contributed by atoms with Gasteiger partial charge in [-0.25, -0.2) is 4.68 Å². The number of aromatic nitrogens is 4. The zero-order valence-corrected chi connectivity index (χ0v) is 8.82. The normalized spacial score (nSPS) is 10.6. The van der Waals surface area contributed by atoms with Crippen molar-refractivity contribution in [2.75, 3.05) is 5.73 Å². The minimum Gasteiger partial charge on any atom is -0.381 e. The number of para-hydroxylation sites is 1. The number of hydrogen-bond acceptors (Lipinski definition) is 5. The highest BCUT2D eigenvalue weighted by Crippen LogP contribution is 2.27. The minimum absolute atomic E-state index is 0.355. The first kappa shape index (κ1) is 9.59. The number of anilines is 1. The fraction of sp³-hybridized carbons (Fsp3) is 0. The van der Waals surface area contributed by atoms with Gasteiger partial charge in [-0.1, -0.05) is 22.5 Å². The summed E-state index contributed by atoms with van der Waals surface area (Å²) in [6.45, 7) is 0. The summed E-state index contributed by atoms with van der Waals surface area (Å²) in [7, 11) is 0. The quantitative estimate of drug-likeness (QED) is 0.717. The van der Waals surface area contributed by atoms with Gasteiger partial charge in [-0.05, 0) is 12.1 Å². The molecule has 84 valence electrons. The summed E-state index contributed by atoms with van der Waals surface area (Å²) in [5.74, 6) is 0.960. The van der Waals surface area contributed by atoms with E-state index >= 15 is 0 Å². The molecule has 2 N–H and O–H groups in total. The molecule has 2 aromatic heterocycles. The molecule has 0 unspecified atom stereocenters. The van der Waals surface area contributed by atoms with E-state index in [9.17, 15) is 0 Å². The molecule has 0 atom stereocenters. The van der Waals surface area contributed by atoms with Gasteiger partial charge in [-0.15, -0.1) is 5.10 Å². The van der Waals surface area contributed by atoms with E-state index in [2.05, 4.69) is 15.5 Å². The monoisotopic (exact) mass is 227 g/mol. The molecule has 1 aromatic carbocycles. The van der Waals surface area contributed by atoms with Crippen LogP contribution in [0.1, 0.15) is 0 Å². The van der Waals surface area contributed by atoms with Crippen LogP contribution >= 0.6 is 0 Å². The molecule has 6 nitrogen and oxygen atoms in total. The van der Waals surface area contributed by atoms with E-state index in [0.717, 1.165) is 11.3 Å². The molecule has 3 aromatic rings. The van der Waals surface area contributed by atoms with Crippen molar-refractivity contribution in [1.29, 1.82) is 0 Å². The Morgan fingerprint density at radius 3 is 2.82 bits per heavy atom. The molecule has 0 aliphatic carbocycles. The molecule has 2 heterocycles. The number of nitrogen functional groups attached to an aromatic ring is 1. The molecule has 17 heavy (non-hydrogen) atoms. The zero-order chi connectivity index (χ0) is 11.7. The summed E-state index contributed by atoms with van der Waals surface area (Å²) < 4.78 is 6.81. The Morgan fingerprint density at radius 1 is 1.24 bits per heavy atom.